The lowest BCUT2D eigenvalue weighted by atomic mass is 9.62. The zero-order chi connectivity index (χ0) is 34.8. The molecular weight excluding hydrogens is 604 g/mol. The molecule has 2 aromatic rings. The van der Waals surface area contributed by atoms with Crippen LogP contribution >= 0.6 is 0 Å². The molecular formula is C39H60N4O5. The number of carbonyl (C=O) groups is 3. The minimum atomic E-state index is -0.337. The number of rotatable bonds is 20. The molecule has 0 aromatic heterocycles. The van der Waals surface area contributed by atoms with Gasteiger partial charge in [-0.2, -0.15) is 0 Å². The smallest absolute Gasteiger partial charge is 0.338 e. The number of anilines is 2. The molecule has 0 aliphatic heterocycles. The molecule has 266 valence electrons. The molecule has 2 aromatic carbocycles. The number of hydrogen-bond acceptors (Lipinski definition) is 7. The van der Waals surface area contributed by atoms with Crippen molar-refractivity contribution in [2.45, 2.75) is 123 Å². The van der Waals surface area contributed by atoms with Gasteiger partial charge < -0.3 is 31.6 Å². The Kier molecular flexibility index (Phi) is 16.2. The molecule has 2 amide bonds. The third kappa shape index (κ3) is 14.7. The summed E-state index contributed by atoms with van der Waals surface area (Å²) in [5, 5.41) is 6.00. The van der Waals surface area contributed by atoms with Crippen molar-refractivity contribution in [3.63, 3.8) is 0 Å². The van der Waals surface area contributed by atoms with E-state index in [1.54, 1.807) is 48.5 Å². The number of nitrogens with one attached hydrogen (secondary N) is 2. The lowest BCUT2D eigenvalue weighted by molar-refractivity contribution is 0.0488. The molecule has 1 aliphatic rings. The summed E-state index contributed by atoms with van der Waals surface area (Å²) in [6, 6.07) is 13.5. The Labute approximate surface area is 288 Å². The van der Waals surface area contributed by atoms with Gasteiger partial charge in [0.05, 0.1) is 24.3 Å². The molecule has 0 saturated heterocycles. The van der Waals surface area contributed by atoms with Gasteiger partial charge in [-0.15, -0.1) is 0 Å². The molecule has 2 unspecified atom stereocenters. The van der Waals surface area contributed by atoms with Gasteiger partial charge in [-0.1, -0.05) is 85.0 Å². The summed E-state index contributed by atoms with van der Waals surface area (Å²) in [5.74, 6) is -0.624. The summed E-state index contributed by atoms with van der Waals surface area (Å²) < 4.78 is 10.8. The Morgan fingerprint density at radius 1 is 0.688 bits per heavy atom. The summed E-state index contributed by atoms with van der Waals surface area (Å²) >= 11 is 0. The van der Waals surface area contributed by atoms with Gasteiger partial charge in [0.2, 0.25) is 0 Å². The molecule has 48 heavy (non-hydrogen) atoms. The molecule has 2 atom stereocenters. The Balaban J connectivity index is 1.13. The third-order valence-corrected chi connectivity index (χ3v) is 9.30. The largest absolute Gasteiger partial charge is 0.462 e. The Bertz CT molecular complexity index is 1260. The number of carbonyl (C=O) groups excluding carboxylic acids is 3. The second-order valence-electron chi connectivity index (χ2n) is 14.8. The normalized spacial score (nSPS) is 18.5. The van der Waals surface area contributed by atoms with Gasteiger partial charge in [0.1, 0.15) is 0 Å². The van der Waals surface area contributed by atoms with E-state index in [0.29, 0.717) is 42.3 Å². The topological polar surface area (TPSA) is 146 Å². The van der Waals surface area contributed by atoms with Crippen LogP contribution in [0.4, 0.5) is 16.2 Å². The van der Waals surface area contributed by atoms with E-state index >= 15 is 0 Å². The van der Waals surface area contributed by atoms with Crippen LogP contribution < -0.4 is 22.1 Å². The van der Waals surface area contributed by atoms with Crippen molar-refractivity contribution in [2.24, 2.45) is 16.6 Å². The van der Waals surface area contributed by atoms with Crippen LogP contribution in [0.3, 0.4) is 0 Å². The van der Waals surface area contributed by atoms with Crippen LogP contribution in [0.1, 0.15) is 138 Å². The van der Waals surface area contributed by atoms with Gasteiger partial charge in [-0.25, -0.2) is 14.4 Å². The van der Waals surface area contributed by atoms with Crippen LogP contribution in [0.5, 0.6) is 0 Å². The molecule has 1 fully saturated rings. The number of amides is 2. The summed E-state index contributed by atoms with van der Waals surface area (Å²) in [5.41, 5.74) is 14.1. The predicted molar refractivity (Wildman–Crippen MR) is 194 cm³/mol. The monoisotopic (exact) mass is 664 g/mol. The quantitative estimate of drug-likeness (QED) is 0.0630. The maximum Gasteiger partial charge on any atom is 0.338 e. The van der Waals surface area contributed by atoms with Gasteiger partial charge >= 0.3 is 18.0 Å². The molecule has 1 saturated carbocycles. The highest BCUT2D eigenvalue weighted by molar-refractivity contribution is 5.92. The average Bonchev–Trinajstić information content (AvgIpc) is 3.04. The highest BCUT2D eigenvalue weighted by Gasteiger charge is 2.40. The van der Waals surface area contributed by atoms with Crippen LogP contribution in [0.2, 0.25) is 0 Å². The first-order valence-electron chi connectivity index (χ1n) is 18.1. The second kappa shape index (κ2) is 20.0. The van der Waals surface area contributed by atoms with E-state index < -0.39 is 0 Å². The highest BCUT2D eigenvalue weighted by Crippen LogP contribution is 2.45. The molecule has 0 bridgehead atoms. The molecule has 9 heteroatoms. The number of ether oxygens (including phenoxy) is 2. The van der Waals surface area contributed by atoms with Gasteiger partial charge in [0.15, 0.2) is 0 Å². The number of hydrogen-bond donors (Lipinski definition) is 4. The number of nitrogens with two attached hydrogens (primary N) is 2. The first-order valence-corrected chi connectivity index (χ1v) is 18.1. The second-order valence-corrected chi connectivity index (χ2v) is 14.8. The van der Waals surface area contributed by atoms with E-state index in [1.165, 1.54) is 44.9 Å². The van der Waals surface area contributed by atoms with E-state index in [-0.39, 0.29) is 34.8 Å². The minimum absolute atomic E-state index is 0.0203. The number of esters is 2. The average molecular weight is 665 g/mol. The fourth-order valence-electron chi connectivity index (χ4n) is 7.02. The van der Waals surface area contributed by atoms with Crippen molar-refractivity contribution < 1.29 is 23.9 Å². The fraction of sp³-hybridized carbons (Fsp3) is 0.615. The van der Waals surface area contributed by atoms with E-state index in [9.17, 15) is 14.4 Å². The molecule has 9 nitrogen and oxygen atoms in total. The highest BCUT2D eigenvalue weighted by atomic mass is 16.5. The van der Waals surface area contributed by atoms with Gasteiger partial charge in [-0.05, 0) is 98.0 Å². The van der Waals surface area contributed by atoms with Crippen molar-refractivity contribution >= 4 is 29.3 Å². The van der Waals surface area contributed by atoms with Crippen molar-refractivity contribution in [3.8, 4) is 0 Å². The Hall–Kier alpha value is -3.59. The zero-order valence-corrected chi connectivity index (χ0v) is 29.6. The third-order valence-electron chi connectivity index (χ3n) is 9.30. The van der Waals surface area contributed by atoms with Gasteiger partial charge in [-0.3, -0.25) is 0 Å². The van der Waals surface area contributed by atoms with E-state index in [0.717, 1.165) is 51.4 Å². The zero-order valence-electron chi connectivity index (χ0n) is 29.6. The molecule has 0 heterocycles. The first kappa shape index (κ1) is 38.9. The summed E-state index contributed by atoms with van der Waals surface area (Å²) in [6.07, 6.45) is 16.5. The van der Waals surface area contributed by atoms with Crippen LogP contribution in [-0.2, 0) is 9.47 Å². The van der Waals surface area contributed by atoms with Crippen molar-refractivity contribution in [3.05, 3.63) is 59.7 Å². The van der Waals surface area contributed by atoms with Gasteiger partial charge in [0, 0.05) is 17.4 Å². The predicted octanol–water partition coefficient (Wildman–Crippen LogP) is 8.63. The molecule has 6 N–H and O–H groups in total. The number of benzene rings is 2. The van der Waals surface area contributed by atoms with Crippen LogP contribution in [0.15, 0.2) is 48.5 Å². The van der Waals surface area contributed by atoms with Crippen molar-refractivity contribution in [2.75, 3.05) is 30.8 Å². The molecule has 0 spiro atoms. The standard InChI is InChI=1S/C39H60N4O5/c1-38(2)26-34(27-39(3,28-38)29-40)43-37(46)42-33-22-18-31(19-23-33)36(45)48-25-15-13-11-9-7-5-4-6-8-10-12-14-24-47-35(44)30-16-20-32(41)21-17-30/h16-23,34H,4-15,24-29,40-41H2,1-3H3,(H2,42,43,46). The summed E-state index contributed by atoms with van der Waals surface area (Å²) in [4.78, 5) is 37.1. The number of nitrogen functional groups attached to an aromatic ring is 1. The fourth-order valence-corrected chi connectivity index (χ4v) is 7.02. The maximum absolute atomic E-state index is 12.7. The SMILES string of the molecule is CC1(C)CC(NC(=O)Nc2ccc(C(=O)OCCCCCCCCCCCCCCOC(=O)c3ccc(N)cc3)cc2)CC(C)(CN)C1. The van der Waals surface area contributed by atoms with Crippen LogP contribution in [-0.4, -0.2) is 43.8 Å². The molecule has 3 rings (SSSR count). The lowest BCUT2D eigenvalue weighted by Crippen LogP contribution is -2.50. The van der Waals surface area contributed by atoms with Crippen LogP contribution in [0.25, 0.3) is 0 Å². The summed E-state index contributed by atoms with van der Waals surface area (Å²) in [6.45, 7) is 8.15. The first-order chi connectivity index (χ1) is 23.0. The lowest BCUT2D eigenvalue weighted by Gasteiger charge is -2.46. The number of urea groups is 1. The maximum atomic E-state index is 12.7. The van der Waals surface area contributed by atoms with Crippen LogP contribution in [0, 0.1) is 10.8 Å². The van der Waals surface area contributed by atoms with Crippen molar-refractivity contribution in [1.29, 1.82) is 0 Å². The van der Waals surface area contributed by atoms with E-state index in [4.69, 9.17) is 20.9 Å². The Morgan fingerprint density at radius 2 is 1.12 bits per heavy atom. The Morgan fingerprint density at radius 3 is 1.58 bits per heavy atom. The minimum Gasteiger partial charge on any atom is -0.462 e. The number of unbranched alkanes of at least 4 members (excludes halogenated alkanes) is 11. The van der Waals surface area contributed by atoms with E-state index in [1.807, 2.05) is 0 Å². The molecule has 0 radical (unpaired) electrons. The van der Waals surface area contributed by atoms with Gasteiger partial charge in [0.25, 0.3) is 0 Å². The van der Waals surface area contributed by atoms with E-state index in [2.05, 4.69) is 31.4 Å². The molecule has 1 aliphatic carbocycles. The summed E-state index contributed by atoms with van der Waals surface area (Å²) in [7, 11) is 0. The van der Waals surface area contributed by atoms with Crippen molar-refractivity contribution in [1.82, 2.24) is 5.32 Å².